The summed E-state index contributed by atoms with van der Waals surface area (Å²) in [4.78, 5) is 0. The molecule has 0 aliphatic heterocycles. The number of aliphatic hydroxyl groups is 2. The van der Waals surface area contributed by atoms with E-state index in [1.165, 1.54) is 0 Å². The summed E-state index contributed by atoms with van der Waals surface area (Å²) in [6.45, 7) is 3.23. The van der Waals surface area contributed by atoms with Crippen LogP contribution in [-0.2, 0) is 0 Å². The SMILES string of the molecule is CCCC/C=C(\O)CNCCO. The van der Waals surface area contributed by atoms with Crippen molar-refractivity contribution in [2.75, 3.05) is 19.7 Å². The van der Waals surface area contributed by atoms with E-state index in [0.29, 0.717) is 18.8 Å². The second-order valence-corrected chi connectivity index (χ2v) is 2.74. The highest BCUT2D eigenvalue weighted by Crippen LogP contribution is 1.97. The second kappa shape index (κ2) is 8.56. The molecule has 0 saturated carbocycles. The van der Waals surface area contributed by atoms with E-state index in [0.717, 1.165) is 19.3 Å². The molecule has 0 aromatic heterocycles. The van der Waals surface area contributed by atoms with Crippen LogP contribution < -0.4 is 5.32 Å². The van der Waals surface area contributed by atoms with Crippen molar-refractivity contribution in [1.82, 2.24) is 5.32 Å². The van der Waals surface area contributed by atoms with E-state index in [4.69, 9.17) is 5.11 Å². The van der Waals surface area contributed by atoms with Gasteiger partial charge in [0.15, 0.2) is 0 Å². The quantitative estimate of drug-likeness (QED) is 0.400. The molecule has 3 heteroatoms. The molecule has 0 spiro atoms. The van der Waals surface area contributed by atoms with Gasteiger partial charge in [0.1, 0.15) is 5.76 Å². The van der Waals surface area contributed by atoms with Crippen molar-refractivity contribution in [2.24, 2.45) is 0 Å². The van der Waals surface area contributed by atoms with Gasteiger partial charge in [0.05, 0.1) is 13.2 Å². The van der Waals surface area contributed by atoms with Gasteiger partial charge in [-0.2, -0.15) is 0 Å². The molecule has 0 atom stereocenters. The van der Waals surface area contributed by atoms with E-state index in [-0.39, 0.29) is 6.61 Å². The van der Waals surface area contributed by atoms with Gasteiger partial charge in [0, 0.05) is 6.54 Å². The van der Waals surface area contributed by atoms with E-state index in [1.807, 2.05) is 6.08 Å². The lowest BCUT2D eigenvalue weighted by Gasteiger charge is -2.01. The lowest BCUT2D eigenvalue weighted by Crippen LogP contribution is -2.20. The second-order valence-electron chi connectivity index (χ2n) is 2.74. The van der Waals surface area contributed by atoms with Crippen LogP contribution in [0.3, 0.4) is 0 Å². The lowest BCUT2D eigenvalue weighted by molar-refractivity contribution is 0.289. The van der Waals surface area contributed by atoms with Crippen molar-refractivity contribution in [3.8, 4) is 0 Å². The summed E-state index contributed by atoms with van der Waals surface area (Å²) < 4.78 is 0. The number of aliphatic hydroxyl groups excluding tert-OH is 2. The van der Waals surface area contributed by atoms with Crippen molar-refractivity contribution in [1.29, 1.82) is 0 Å². The van der Waals surface area contributed by atoms with Crippen molar-refractivity contribution < 1.29 is 10.2 Å². The molecule has 0 radical (unpaired) electrons. The van der Waals surface area contributed by atoms with Crippen LogP contribution in [0.2, 0.25) is 0 Å². The molecular weight excluding hydrogens is 154 g/mol. The number of hydrogen-bond donors (Lipinski definition) is 3. The zero-order valence-corrected chi connectivity index (χ0v) is 7.71. The molecule has 72 valence electrons. The first-order valence-corrected chi connectivity index (χ1v) is 4.50. The van der Waals surface area contributed by atoms with E-state index < -0.39 is 0 Å². The average molecular weight is 173 g/mol. The van der Waals surface area contributed by atoms with Crippen LogP contribution in [0.4, 0.5) is 0 Å². The Morgan fingerprint density at radius 3 is 2.83 bits per heavy atom. The van der Waals surface area contributed by atoms with Crippen LogP contribution in [-0.4, -0.2) is 29.9 Å². The molecule has 0 aromatic rings. The van der Waals surface area contributed by atoms with Crippen LogP contribution in [0.5, 0.6) is 0 Å². The molecule has 3 N–H and O–H groups in total. The summed E-state index contributed by atoms with van der Waals surface area (Å²) in [6.07, 6.45) is 5.02. The van der Waals surface area contributed by atoms with Crippen LogP contribution >= 0.6 is 0 Å². The van der Waals surface area contributed by atoms with Crippen LogP contribution in [0, 0.1) is 0 Å². The van der Waals surface area contributed by atoms with Gasteiger partial charge in [-0.25, -0.2) is 0 Å². The number of rotatable bonds is 7. The highest BCUT2D eigenvalue weighted by atomic mass is 16.3. The molecule has 0 fully saturated rings. The fourth-order valence-electron chi connectivity index (χ4n) is 0.840. The van der Waals surface area contributed by atoms with E-state index in [9.17, 15) is 5.11 Å². The summed E-state index contributed by atoms with van der Waals surface area (Å²) in [7, 11) is 0. The Labute approximate surface area is 74.1 Å². The first-order chi connectivity index (χ1) is 5.81. The molecule has 0 heterocycles. The lowest BCUT2D eigenvalue weighted by atomic mass is 10.2. The van der Waals surface area contributed by atoms with Gasteiger partial charge in [-0.3, -0.25) is 0 Å². The van der Waals surface area contributed by atoms with E-state index >= 15 is 0 Å². The minimum atomic E-state index is 0.113. The van der Waals surface area contributed by atoms with E-state index in [1.54, 1.807) is 0 Å². The Hall–Kier alpha value is -0.540. The highest BCUT2D eigenvalue weighted by Gasteiger charge is 1.90. The fourth-order valence-corrected chi connectivity index (χ4v) is 0.840. The Balaban J connectivity index is 3.29. The molecule has 3 nitrogen and oxygen atoms in total. The average Bonchev–Trinajstić information content (AvgIpc) is 2.06. The first-order valence-electron chi connectivity index (χ1n) is 4.50. The smallest absolute Gasteiger partial charge is 0.102 e. The largest absolute Gasteiger partial charge is 0.511 e. The Bertz CT molecular complexity index is 124. The molecule has 0 unspecified atom stereocenters. The summed E-state index contributed by atoms with van der Waals surface area (Å²) in [6, 6.07) is 0. The summed E-state index contributed by atoms with van der Waals surface area (Å²) in [5.41, 5.74) is 0. The highest BCUT2D eigenvalue weighted by molar-refractivity contribution is 4.92. The molecule has 0 saturated heterocycles. The zero-order chi connectivity index (χ0) is 9.23. The van der Waals surface area contributed by atoms with Crippen molar-refractivity contribution in [3.63, 3.8) is 0 Å². The Morgan fingerprint density at radius 2 is 2.25 bits per heavy atom. The third kappa shape index (κ3) is 7.57. The van der Waals surface area contributed by atoms with Gasteiger partial charge in [-0.05, 0) is 18.9 Å². The van der Waals surface area contributed by atoms with Gasteiger partial charge >= 0.3 is 0 Å². The van der Waals surface area contributed by atoms with Gasteiger partial charge in [0.25, 0.3) is 0 Å². The monoisotopic (exact) mass is 173 g/mol. The Kier molecular flexibility index (Phi) is 8.17. The maximum absolute atomic E-state index is 9.22. The van der Waals surface area contributed by atoms with Crippen molar-refractivity contribution >= 4 is 0 Å². The molecule has 0 aliphatic carbocycles. The zero-order valence-electron chi connectivity index (χ0n) is 7.71. The molecule has 0 aliphatic rings. The van der Waals surface area contributed by atoms with Crippen molar-refractivity contribution in [3.05, 3.63) is 11.8 Å². The maximum atomic E-state index is 9.22. The third-order valence-corrected chi connectivity index (χ3v) is 1.53. The number of unbranched alkanes of at least 4 members (excludes halogenated alkanes) is 2. The minimum Gasteiger partial charge on any atom is -0.511 e. The molecular formula is C9H19NO2. The predicted molar refractivity (Wildman–Crippen MR) is 50.2 cm³/mol. The molecule has 0 rings (SSSR count). The van der Waals surface area contributed by atoms with Crippen molar-refractivity contribution in [2.45, 2.75) is 26.2 Å². The molecule has 0 aromatic carbocycles. The minimum absolute atomic E-state index is 0.113. The van der Waals surface area contributed by atoms with Crippen LogP contribution in [0.1, 0.15) is 26.2 Å². The summed E-state index contributed by atoms with van der Waals surface area (Å²) in [5, 5.41) is 20.5. The predicted octanol–water partition coefficient (Wildman–Crippen LogP) is 1.20. The number of nitrogens with one attached hydrogen (secondary N) is 1. The summed E-state index contributed by atoms with van der Waals surface area (Å²) >= 11 is 0. The standard InChI is InChI=1S/C9H19NO2/c1-2-3-4-5-9(12)8-10-6-7-11/h5,10-12H,2-4,6-8H2,1H3/b9-5-. The van der Waals surface area contributed by atoms with Gasteiger partial charge < -0.3 is 15.5 Å². The number of allylic oxidation sites excluding steroid dienone is 1. The third-order valence-electron chi connectivity index (χ3n) is 1.53. The maximum Gasteiger partial charge on any atom is 0.102 e. The topological polar surface area (TPSA) is 52.5 Å². The summed E-state index contributed by atoms with van der Waals surface area (Å²) in [5.74, 6) is 0.372. The fraction of sp³-hybridized carbons (Fsp3) is 0.778. The Morgan fingerprint density at radius 1 is 1.50 bits per heavy atom. The van der Waals surface area contributed by atoms with Gasteiger partial charge in [-0.15, -0.1) is 0 Å². The van der Waals surface area contributed by atoms with Gasteiger partial charge in [-0.1, -0.05) is 13.3 Å². The first kappa shape index (κ1) is 11.5. The normalized spacial score (nSPS) is 12.0. The van der Waals surface area contributed by atoms with E-state index in [2.05, 4.69) is 12.2 Å². The number of hydrogen-bond acceptors (Lipinski definition) is 3. The molecule has 0 bridgehead atoms. The molecule has 0 amide bonds. The van der Waals surface area contributed by atoms with Gasteiger partial charge in [0.2, 0.25) is 0 Å². The molecule has 12 heavy (non-hydrogen) atoms. The van der Waals surface area contributed by atoms with Crippen LogP contribution in [0.15, 0.2) is 11.8 Å². The van der Waals surface area contributed by atoms with Crippen LogP contribution in [0.25, 0.3) is 0 Å².